The number of methoxy groups -OCH3 is 2. The van der Waals surface area contributed by atoms with Crippen LogP contribution in [0.1, 0.15) is 28.9 Å². The Morgan fingerprint density at radius 3 is 2.67 bits per heavy atom. The maximum Gasteiger partial charge on any atom is 0.264 e. The van der Waals surface area contributed by atoms with Gasteiger partial charge in [-0.3, -0.25) is 9.59 Å². The molecule has 1 N–H and O–H groups in total. The van der Waals surface area contributed by atoms with Crippen molar-refractivity contribution in [2.24, 2.45) is 0 Å². The molecule has 144 valence electrons. The molecule has 2 amide bonds. The van der Waals surface area contributed by atoms with Crippen LogP contribution in [0, 0.1) is 0 Å². The molecular formula is C19H21ClN2O4S. The van der Waals surface area contributed by atoms with Crippen molar-refractivity contribution in [1.82, 2.24) is 4.90 Å². The van der Waals surface area contributed by atoms with Crippen LogP contribution in [-0.2, 0) is 4.79 Å². The van der Waals surface area contributed by atoms with Gasteiger partial charge in [0.25, 0.3) is 5.91 Å². The van der Waals surface area contributed by atoms with Gasteiger partial charge >= 0.3 is 0 Å². The van der Waals surface area contributed by atoms with Gasteiger partial charge in [-0.05, 0) is 30.7 Å². The number of likely N-dealkylation sites (tertiary alicyclic amines) is 1. The highest BCUT2D eigenvalue weighted by atomic mass is 35.5. The third kappa shape index (κ3) is 4.20. The van der Waals surface area contributed by atoms with E-state index >= 15 is 0 Å². The predicted molar refractivity (Wildman–Crippen MR) is 106 cm³/mol. The van der Waals surface area contributed by atoms with E-state index in [1.54, 1.807) is 23.1 Å². The van der Waals surface area contributed by atoms with Gasteiger partial charge in [0, 0.05) is 18.7 Å². The van der Waals surface area contributed by atoms with E-state index < -0.39 is 6.04 Å². The molecule has 0 spiro atoms. The number of carbonyl (C=O) groups excluding carboxylic acids is 2. The van der Waals surface area contributed by atoms with E-state index in [0.29, 0.717) is 40.1 Å². The Balaban J connectivity index is 1.82. The molecule has 1 aromatic heterocycles. The summed E-state index contributed by atoms with van der Waals surface area (Å²) in [6.45, 7) is 0.565. The largest absolute Gasteiger partial charge is 0.495 e. The fourth-order valence-corrected chi connectivity index (χ4v) is 4.07. The van der Waals surface area contributed by atoms with E-state index in [2.05, 4.69) is 5.32 Å². The zero-order chi connectivity index (χ0) is 19.4. The molecule has 8 heteroatoms. The Bertz CT molecular complexity index is 825. The molecule has 1 atom stereocenters. The number of hydrogen-bond donors (Lipinski definition) is 1. The molecule has 3 rings (SSSR count). The summed E-state index contributed by atoms with van der Waals surface area (Å²) in [6.07, 6.45) is 2.41. The van der Waals surface area contributed by atoms with Crippen molar-refractivity contribution in [1.29, 1.82) is 0 Å². The summed E-state index contributed by atoms with van der Waals surface area (Å²) in [5.74, 6) is 0.511. The van der Waals surface area contributed by atoms with Crippen molar-refractivity contribution >= 4 is 40.4 Å². The second-order valence-corrected chi connectivity index (χ2v) is 7.52. The number of amides is 2. The summed E-state index contributed by atoms with van der Waals surface area (Å²) in [5, 5.41) is 5.12. The number of benzene rings is 1. The van der Waals surface area contributed by atoms with Gasteiger partial charge in [0.05, 0.1) is 29.8 Å². The Hall–Kier alpha value is -2.25. The fourth-order valence-electron chi connectivity index (χ4n) is 3.16. The molecule has 27 heavy (non-hydrogen) atoms. The minimum Gasteiger partial charge on any atom is -0.495 e. The summed E-state index contributed by atoms with van der Waals surface area (Å²) in [5.41, 5.74) is 0.456. The number of nitrogens with one attached hydrogen (secondary N) is 1. The van der Waals surface area contributed by atoms with Crippen LogP contribution in [0.25, 0.3) is 0 Å². The van der Waals surface area contributed by atoms with Gasteiger partial charge in [-0.25, -0.2) is 0 Å². The highest BCUT2D eigenvalue weighted by Crippen LogP contribution is 2.36. The van der Waals surface area contributed by atoms with E-state index in [1.807, 2.05) is 11.4 Å². The molecule has 1 aromatic carbocycles. The van der Waals surface area contributed by atoms with Crippen molar-refractivity contribution in [3.05, 3.63) is 39.5 Å². The van der Waals surface area contributed by atoms with Crippen LogP contribution in [0.5, 0.6) is 11.5 Å². The molecule has 1 saturated heterocycles. The molecule has 1 fully saturated rings. The summed E-state index contributed by atoms with van der Waals surface area (Å²) in [6, 6.07) is 6.30. The van der Waals surface area contributed by atoms with Gasteiger partial charge < -0.3 is 19.7 Å². The lowest BCUT2D eigenvalue weighted by atomic mass is 10.0. The van der Waals surface area contributed by atoms with Crippen LogP contribution in [0.2, 0.25) is 5.02 Å². The maximum absolute atomic E-state index is 13.0. The minimum absolute atomic E-state index is 0.106. The second-order valence-electron chi connectivity index (χ2n) is 6.16. The smallest absolute Gasteiger partial charge is 0.264 e. The predicted octanol–water partition coefficient (Wildman–Crippen LogP) is 4.05. The number of hydrogen-bond acceptors (Lipinski definition) is 5. The highest BCUT2D eigenvalue weighted by Gasteiger charge is 2.33. The number of thiophene rings is 1. The highest BCUT2D eigenvalue weighted by molar-refractivity contribution is 7.12. The number of nitrogens with zero attached hydrogens (tertiary/aromatic N) is 1. The summed E-state index contributed by atoms with van der Waals surface area (Å²) in [4.78, 5) is 28.1. The van der Waals surface area contributed by atoms with Gasteiger partial charge in [0.1, 0.15) is 17.5 Å². The van der Waals surface area contributed by atoms with Gasteiger partial charge in [-0.1, -0.05) is 17.7 Å². The maximum atomic E-state index is 13.0. The summed E-state index contributed by atoms with van der Waals surface area (Å²) >= 11 is 7.50. The quantitative estimate of drug-likeness (QED) is 0.810. The van der Waals surface area contributed by atoms with Crippen molar-refractivity contribution in [2.45, 2.75) is 25.3 Å². The molecule has 1 aliphatic rings. The Kier molecular flexibility index (Phi) is 6.23. The van der Waals surface area contributed by atoms with Crippen LogP contribution in [0.15, 0.2) is 29.6 Å². The second kappa shape index (κ2) is 8.63. The lowest BCUT2D eigenvalue weighted by Crippen LogP contribution is -2.49. The number of carbonyl (C=O) groups is 2. The summed E-state index contributed by atoms with van der Waals surface area (Å²) < 4.78 is 10.5. The van der Waals surface area contributed by atoms with Crippen molar-refractivity contribution in [3.8, 4) is 11.5 Å². The number of halogens is 1. The number of piperidine rings is 1. The molecule has 0 radical (unpaired) electrons. The van der Waals surface area contributed by atoms with Crippen molar-refractivity contribution in [3.63, 3.8) is 0 Å². The van der Waals surface area contributed by atoms with Gasteiger partial charge in [0.2, 0.25) is 5.91 Å². The third-order valence-electron chi connectivity index (χ3n) is 4.53. The van der Waals surface area contributed by atoms with E-state index in [1.165, 1.54) is 25.6 Å². The molecule has 0 unspecified atom stereocenters. The van der Waals surface area contributed by atoms with Crippen molar-refractivity contribution < 1.29 is 19.1 Å². The first kappa shape index (κ1) is 19.5. The first-order chi connectivity index (χ1) is 13.0. The lowest BCUT2D eigenvalue weighted by Gasteiger charge is -2.34. The van der Waals surface area contributed by atoms with E-state index in [-0.39, 0.29) is 11.8 Å². The summed E-state index contributed by atoms with van der Waals surface area (Å²) in [7, 11) is 3.00. The first-order valence-corrected chi connectivity index (χ1v) is 9.87. The number of rotatable bonds is 5. The number of ether oxygens (including phenoxy) is 2. The SMILES string of the molecule is COc1cc(NC(=O)[C@H]2CCCCN2C(=O)c2cccs2)c(OC)cc1Cl. The average Bonchev–Trinajstić information content (AvgIpc) is 3.23. The Labute approximate surface area is 167 Å². The van der Waals surface area contributed by atoms with Crippen LogP contribution in [-0.4, -0.2) is 43.5 Å². The topological polar surface area (TPSA) is 67.9 Å². The Morgan fingerprint density at radius 1 is 1.22 bits per heavy atom. The van der Waals surface area contributed by atoms with Crippen LogP contribution in [0.3, 0.4) is 0 Å². The minimum atomic E-state index is -0.528. The van der Waals surface area contributed by atoms with E-state index in [0.717, 1.165) is 12.8 Å². The van der Waals surface area contributed by atoms with E-state index in [4.69, 9.17) is 21.1 Å². The van der Waals surface area contributed by atoms with Gasteiger partial charge in [0.15, 0.2) is 0 Å². The molecule has 2 aromatic rings. The van der Waals surface area contributed by atoms with Gasteiger partial charge in [-0.2, -0.15) is 0 Å². The zero-order valence-electron chi connectivity index (χ0n) is 15.2. The molecule has 6 nitrogen and oxygen atoms in total. The molecule has 0 aliphatic carbocycles. The standard InChI is InChI=1S/C19H21ClN2O4S/c1-25-15-11-13(16(26-2)10-12(15)20)21-18(23)14-6-3-4-8-22(14)19(24)17-7-5-9-27-17/h5,7,9-11,14H,3-4,6,8H2,1-2H3,(H,21,23)/t14-/m1/s1. The van der Waals surface area contributed by atoms with Crippen LogP contribution in [0.4, 0.5) is 5.69 Å². The van der Waals surface area contributed by atoms with Gasteiger partial charge in [-0.15, -0.1) is 11.3 Å². The Morgan fingerprint density at radius 2 is 2.00 bits per heavy atom. The van der Waals surface area contributed by atoms with Crippen LogP contribution >= 0.6 is 22.9 Å². The van der Waals surface area contributed by atoms with Crippen LogP contribution < -0.4 is 14.8 Å². The molecule has 0 bridgehead atoms. The molecule has 0 saturated carbocycles. The molecular weight excluding hydrogens is 388 g/mol. The fraction of sp³-hybridized carbons (Fsp3) is 0.368. The zero-order valence-corrected chi connectivity index (χ0v) is 16.7. The number of anilines is 1. The lowest BCUT2D eigenvalue weighted by molar-refractivity contribution is -0.121. The van der Waals surface area contributed by atoms with E-state index in [9.17, 15) is 9.59 Å². The first-order valence-electron chi connectivity index (χ1n) is 8.62. The molecule has 1 aliphatic heterocycles. The average molecular weight is 409 g/mol. The normalized spacial score (nSPS) is 16.7. The monoisotopic (exact) mass is 408 g/mol. The van der Waals surface area contributed by atoms with Crippen molar-refractivity contribution in [2.75, 3.05) is 26.1 Å². The molecule has 2 heterocycles. The third-order valence-corrected chi connectivity index (χ3v) is 5.68.